The third-order valence-electron chi connectivity index (χ3n) is 6.01. The zero-order valence-corrected chi connectivity index (χ0v) is 21.2. The highest BCUT2D eigenvalue weighted by Crippen LogP contribution is 2.28. The third-order valence-corrected chi connectivity index (χ3v) is 6.01. The molecule has 2 aromatic heterocycles. The second-order valence-corrected chi connectivity index (χ2v) is 8.47. The Morgan fingerprint density at radius 1 is 1.14 bits per heavy atom. The van der Waals surface area contributed by atoms with Gasteiger partial charge in [0.15, 0.2) is 0 Å². The van der Waals surface area contributed by atoms with Crippen LogP contribution in [0, 0.1) is 6.92 Å². The molecule has 4 aromatic rings. The summed E-state index contributed by atoms with van der Waals surface area (Å²) >= 11 is 0. The van der Waals surface area contributed by atoms with Gasteiger partial charge in [-0.3, -0.25) is 9.36 Å². The van der Waals surface area contributed by atoms with Gasteiger partial charge in [0.2, 0.25) is 0 Å². The fourth-order valence-corrected chi connectivity index (χ4v) is 4.20. The van der Waals surface area contributed by atoms with E-state index < -0.39 is 6.61 Å². The molecular formula is C29H29F2N3O3. The number of halogens is 2. The van der Waals surface area contributed by atoms with E-state index in [1.165, 1.54) is 12.1 Å². The van der Waals surface area contributed by atoms with Crippen molar-refractivity contribution < 1.29 is 18.3 Å². The first-order chi connectivity index (χ1) is 17.8. The van der Waals surface area contributed by atoms with Gasteiger partial charge in [0.25, 0.3) is 5.56 Å². The standard InChI is InChI=1S/C29H29F2N3O3/c1-5-7-23(36-6-2)12-10-21-17-34(22-11-15-25-26(16-22)33(4)18-32-25)28(35)27(19(21)3)20-8-13-24(14-9-20)37-29(30)31/h7-18,29H,5-6H2,1-4H3/b12-10-,23-7-. The van der Waals surface area contributed by atoms with Crippen LogP contribution in [-0.4, -0.2) is 27.3 Å². The van der Waals surface area contributed by atoms with Crippen molar-refractivity contribution >= 4 is 17.1 Å². The summed E-state index contributed by atoms with van der Waals surface area (Å²) in [6.07, 6.45) is 10.1. The SMILES string of the molecule is CC/C=C(/C=C\c1cn(-c2ccc3ncn(C)c3c2)c(=O)c(-c2ccc(OC(F)F)cc2)c1C)OCC. The van der Waals surface area contributed by atoms with Gasteiger partial charge in [-0.15, -0.1) is 0 Å². The summed E-state index contributed by atoms with van der Waals surface area (Å²) in [5, 5.41) is 0. The monoisotopic (exact) mass is 505 g/mol. The Morgan fingerprint density at radius 3 is 2.57 bits per heavy atom. The van der Waals surface area contributed by atoms with Gasteiger partial charge in [-0.1, -0.05) is 19.1 Å². The lowest BCUT2D eigenvalue weighted by Gasteiger charge is -2.15. The predicted molar refractivity (Wildman–Crippen MR) is 142 cm³/mol. The fourth-order valence-electron chi connectivity index (χ4n) is 4.20. The molecule has 0 spiro atoms. The molecule has 0 aliphatic heterocycles. The molecular weight excluding hydrogens is 476 g/mol. The van der Waals surface area contributed by atoms with Crippen molar-refractivity contribution in [1.82, 2.24) is 14.1 Å². The van der Waals surface area contributed by atoms with Crippen LogP contribution in [0.3, 0.4) is 0 Å². The molecule has 2 aromatic carbocycles. The first kappa shape index (κ1) is 25.9. The molecule has 0 N–H and O–H groups in total. The maximum atomic E-state index is 13.8. The molecule has 37 heavy (non-hydrogen) atoms. The van der Waals surface area contributed by atoms with Gasteiger partial charge in [0, 0.05) is 13.2 Å². The largest absolute Gasteiger partial charge is 0.494 e. The lowest BCUT2D eigenvalue weighted by Crippen LogP contribution is -2.22. The maximum Gasteiger partial charge on any atom is 0.387 e. The third kappa shape index (κ3) is 5.63. The Hall–Kier alpha value is -4.20. The molecule has 0 aliphatic carbocycles. The molecule has 0 unspecified atom stereocenters. The highest BCUT2D eigenvalue weighted by Gasteiger charge is 2.16. The zero-order valence-electron chi connectivity index (χ0n) is 21.2. The van der Waals surface area contributed by atoms with Crippen molar-refractivity contribution in [3.63, 3.8) is 0 Å². The number of aromatic nitrogens is 3. The van der Waals surface area contributed by atoms with Crippen LogP contribution in [0.25, 0.3) is 33.9 Å². The number of imidazole rings is 1. The summed E-state index contributed by atoms with van der Waals surface area (Å²) < 4.78 is 39.0. The number of fused-ring (bicyclic) bond motifs is 1. The van der Waals surface area contributed by atoms with Gasteiger partial charge in [-0.2, -0.15) is 8.78 Å². The van der Waals surface area contributed by atoms with E-state index >= 15 is 0 Å². The van der Waals surface area contributed by atoms with Crippen LogP contribution in [0.2, 0.25) is 0 Å². The number of aryl methyl sites for hydroxylation is 1. The van der Waals surface area contributed by atoms with Crippen LogP contribution in [0.1, 0.15) is 31.4 Å². The lowest BCUT2D eigenvalue weighted by atomic mass is 9.98. The first-order valence-corrected chi connectivity index (χ1v) is 12.1. The quantitative estimate of drug-likeness (QED) is 0.189. The number of hydrogen-bond donors (Lipinski definition) is 0. The summed E-state index contributed by atoms with van der Waals surface area (Å²) in [7, 11) is 1.90. The molecule has 4 rings (SSSR count). The van der Waals surface area contributed by atoms with E-state index in [9.17, 15) is 13.6 Å². The minimum Gasteiger partial charge on any atom is -0.494 e. The van der Waals surface area contributed by atoms with E-state index in [-0.39, 0.29) is 11.3 Å². The molecule has 0 aliphatic rings. The Labute approximate surface area is 214 Å². The van der Waals surface area contributed by atoms with Gasteiger partial charge >= 0.3 is 6.61 Å². The highest BCUT2D eigenvalue weighted by atomic mass is 19.3. The average Bonchev–Trinajstić information content (AvgIpc) is 3.24. The van der Waals surface area contributed by atoms with Crippen molar-refractivity contribution in [2.75, 3.05) is 6.61 Å². The Morgan fingerprint density at radius 2 is 1.89 bits per heavy atom. The number of hydrogen-bond acceptors (Lipinski definition) is 4. The number of alkyl halides is 2. The van der Waals surface area contributed by atoms with E-state index in [1.807, 2.05) is 68.8 Å². The van der Waals surface area contributed by atoms with Crippen LogP contribution >= 0.6 is 0 Å². The van der Waals surface area contributed by atoms with Crippen molar-refractivity contribution in [2.45, 2.75) is 33.8 Å². The molecule has 8 heteroatoms. The minimum atomic E-state index is -2.92. The second-order valence-electron chi connectivity index (χ2n) is 8.47. The summed E-state index contributed by atoms with van der Waals surface area (Å²) in [6, 6.07) is 11.8. The Balaban J connectivity index is 1.91. The van der Waals surface area contributed by atoms with Crippen molar-refractivity contribution in [1.29, 1.82) is 0 Å². The van der Waals surface area contributed by atoms with E-state index in [4.69, 9.17) is 4.74 Å². The highest BCUT2D eigenvalue weighted by molar-refractivity contribution is 5.78. The van der Waals surface area contributed by atoms with Gasteiger partial charge in [-0.25, -0.2) is 4.98 Å². The molecule has 0 atom stereocenters. The second kappa shape index (κ2) is 11.2. The number of rotatable bonds is 9. The molecule has 0 saturated carbocycles. The topological polar surface area (TPSA) is 58.3 Å². The summed E-state index contributed by atoms with van der Waals surface area (Å²) in [6.45, 7) is 3.45. The van der Waals surface area contributed by atoms with E-state index in [0.29, 0.717) is 23.4 Å². The van der Waals surface area contributed by atoms with E-state index in [2.05, 4.69) is 9.72 Å². The summed E-state index contributed by atoms with van der Waals surface area (Å²) in [4.78, 5) is 18.2. The van der Waals surface area contributed by atoms with Gasteiger partial charge in [0.1, 0.15) is 11.5 Å². The summed E-state index contributed by atoms with van der Waals surface area (Å²) in [5.74, 6) is 0.772. The van der Waals surface area contributed by atoms with Gasteiger partial charge in [-0.05, 0) is 85.5 Å². The zero-order chi connectivity index (χ0) is 26.5. The van der Waals surface area contributed by atoms with Crippen LogP contribution < -0.4 is 10.3 Å². The number of ether oxygens (including phenoxy) is 2. The summed E-state index contributed by atoms with van der Waals surface area (Å²) in [5.41, 5.74) is 4.81. The molecule has 0 bridgehead atoms. The van der Waals surface area contributed by atoms with Crippen molar-refractivity contribution in [2.24, 2.45) is 7.05 Å². The van der Waals surface area contributed by atoms with Crippen molar-refractivity contribution in [3.8, 4) is 22.6 Å². The smallest absolute Gasteiger partial charge is 0.387 e. The van der Waals surface area contributed by atoms with Crippen LogP contribution in [0.4, 0.5) is 8.78 Å². The number of benzene rings is 2. The number of pyridine rings is 1. The molecule has 2 heterocycles. The first-order valence-electron chi connectivity index (χ1n) is 12.1. The average molecular weight is 506 g/mol. The fraction of sp³-hybridized carbons (Fsp3) is 0.241. The van der Waals surface area contributed by atoms with E-state index in [0.717, 1.165) is 34.3 Å². The Bertz CT molecular complexity index is 1520. The Kier molecular flexibility index (Phi) is 7.86. The van der Waals surface area contributed by atoms with Crippen LogP contribution in [-0.2, 0) is 11.8 Å². The van der Waals surface area contributed by atoms with Crippen LogP contribution in [0.5, 0.6) is 5.75 Å². The van der Waals surface area contributed by atoms with Gasteiger partial charge in [0.05, 0.1) is 35.2 Å². The maximum absolute atomic E-state index is 13.8. The normalized spacial score (nSPS) is 12.1. The molecule has 0 radical (unpaired) electrons. The van der Waals surface area contributed by atoms with Gasteiger partial charge < -0.3 is 14.0 Å². The predicted octanol–water partition coefficient (Wildman–Crippen LogP) is 6.64. The molecule has 6 nitrogen and oxygen atoms in total. The molecule has 0 fully saturated rings. The minimum absolute atomic E-state index is 0.0282. The van der Waals surface area contributed by atoms with E-state index in [1.54, 1.807) is 29.2 Å². The van der Waals surface area contributed by atoms with Crippen molar-refractivity contribution in [3.05, 3.63) is 94.4 Å². The van der Waals surface area contributed by atoms with Crippen LogP contribution in [0.15, 0.2) is 77.7 Å². The lowest BCUT2D eigenvalue weighted by molar-refractivity contribution is -0.0498. The number of allylic oxidation sites excluding steroid dienone is 2. The molecule has 0 saturated heterocycles. The molecule has 0 amide bonds. The number of nitrogens with zero attached hydrogens (tertiary/aromatic N) is 3. The molecule has 192 valence electrons.